The van der Waals surface area contributed by atoms with E-state index in [1.807, 2.05) is 6.07 Å². The minimum Gasteiger partial charge on any atom is -0.493 e. The summed E-state index contributed by atoms with van der Waals surface area (Å²) in [6.45, 7) is 0.766. The maximum absolute atomic E-state index is 8.70. The minimum atomic E-state index is 0.462. The van der Waals surface area contributed by atoms with Gasteiger partial charge in [-0.3, -0.25) is 0 Å². The Bertz CT molecular complexity index is 393. The number of hydrogen-bond donors (Lipinski definition) is 0. The molecule has 0 unspecified atom stereocenters. The van der Waals surface area contributed by atoms with Crippen LogP contribution in [0.3, 0.4) is 0 Å². The molecular weight excluding hydrogens is 210 g/mol. The Morgan fingerprint density at radius 3 is 2.80 bits per heavy atom. The summed E-state index contributed by atoms with van der Waals surface area (Å²) in [4.78, 5) is 0. The highest BCUT2D eigenvalue weighted by Crippen LogP contribution is 2.28. The SMILES string of the molecule is N#Cc1ccc(OCC2CCC2)cc1Cl. The Labute approximate surface area is 94.4 Å². The summed E-state index contributed by atoms with van der Waals surface area (Å²) < 4.78 is 5.60. The van der Waals surface area contributed by atoms with Crippen molar-refractivity contribution >= 4 is 11.6 Å². The first kappa shape index (κ1) is 10.3. The Balaban J connectivity index is 1.97. The number of rotatable bonds is 3. The van der Waals surface area contributed by atoms with Crippen LogP contribution >= 0.6 is 11.6 Å². The van der Waals surface area contributed by atoms with Crippen LogP contribution in [0.2, 0.25) is 5.02 Å². The van der Waals surface area contributed by atoms with Crippen molar-refractivity contribution < 1.29 is 4.74 Å². The number of ether oxygens (including phenoxy) is 1. The zero-order valence-electron chi connectivity index (χ0n) is 8.37. The largest absolute Gasteiger partial charge is 0.493 e. The molecule has 1 aliphatic carbocycles. The summed E-state index contributed by atoms with van der Waals surface area (Å²) in [5, 5.41) is 9.16. The van der Waals surface area contributed by atoms with E-state index in [0.29, 0.717) is 16.5 Å². The van der Waals surface area contributed by atoms with Crippen molar-refractivity contribution in [1.82, 2.24) is 0 Å². The van der Waals surface area contributed by atoms with Gasteiger partial charge in [0.1, 0.15) is 11.8 Å². The molecule has 0 aliphatic heterocycles. The average Bonchev–Trinajstić information content (AvgIpc) is 2.16. The summed E-state index contributed by atoms with van der Waals surface area (Å²) in [5.41, 5.74) is 0.493. The van der Waals surface area contributed by atoms with Crippen molar-refractivity contribution in [2.45, 2.75) is 19.3 Å². The van der Waals surface area contributed by atoms with Crippen molar-refractivity contribution in [1.29, 1.82) is 5.26 Å². The van der Waals surface area contributed by atoms with Crippen molar-refractivity contribution in [3.63, 3.8) is 0 Å². The van der Waals surface area contributed by atoms with E-state index in [1.165, 1.54) is 19.3 Å². The second kappa shape index (κ2) is 4.55. The zero-order valence-corrected chi connectivity index (χ0v) is 9.13. The second-order valence-corrected chi connectivity index (χ2v) is 4.27. The second-order valence-electron chi connectivity index (χ2n) is 3.86. The number of nitrogens with zero attached hydrogens (tertiary/aromatic N) is 1. The monoisotopic (exact) mass is 221 g/mol. The molecule has 0 bridgehead atoms. The molecule has 1 aromatic rings. The third-order valence-corrected chi connectivity index (χ3v) is 3.08. The van der Waals surface area contributed by atoms with E-state index in [-0.39, 0.29) is 0 Å². The Kier molecular flexibility index (Phi) is 3.13. The molecule has 1 aliphatic rings. The van der Waals surface area contributed by atoms with Gasteiger partial charge in [-0.25, -0.2) is 0 Å². The van der Waals surface area contributed by atoms with E-state index in [4.69, 9.17) is 21.6 Å². The van der Waals surface area contributed by atoms with Crippen molar-refractivity contribution in [2.75, 3.05) is 6.61 Å². The lowest BCUT2D eigenvalue weighted by Crippen LogP contribution is -2.19. The molecule has 1 fully saturated rings. The molecule has 15 heavy (non-hydrogen) atoms. The van der Waals surface area contributed by atoms with Crippen LogP contribution in [0, 0.1) is 17.2 Å². The molecule has 0 amide bonds. The van der Waals surface area contributed by atoms with Gasteiger partial charge in [0, 0.05) is 6.07 Å². The van der Waals surface area contributed by atoms with Gasteiger partial charge in [-0.15, -0.1) is 0 Å². The quantitative estimate of drug-likeness (QED) is 0.784. The van der Waals surface area contributed by atoms with Crippen LogP contribution < -0.4 is 4.74 Å². The standard InChI is InChI=1S/C12H12ClNO/c13-12-6-11(5-4-10(12)7-14)15-8-9-2-1-3-9/h4-6,9H,1-3,8H2. The molecule has 2 nitrogen and oxygen atoms in total. The maximum atomic E-state index is 8.70. The zero-order chi connectivity index (χ0) is 10.7. The Morgan fingerprint density at radius 2 is 2.27 bits per heavy atom. The molecule has 0 N–H and O–H groups in total. The minimum absolute atomic E-state index is 0.462. The summed E-state index contributed by atoms with van der Waals surface area (Å²) in [6, 6.07) is 7.22. The van der Waals surface area contributed by atoms with Crippen LogP contribution in [-0.2, 0) is 0 Å². The fourth-order valence-corrected chi connectivity index (χ4v) is 1.76. The molecule has 0 heterocycles. The van der Waals surface area contributed by atoms with Crippen molar-refractivity contribution in [2.24, 2.45) is 5.92 Å². The number of benzene rings is 1. The van der Waals surface area contributed by atoms with E-state index in [9.17, 15) is 0 Å². The van der Waals surface area contributed by atoms with E-state index >= 15 is 0 Å². The first-order valence-electron chi connectivity index (χ1n) is 5.12. The molecule has 0 radical (unpaired) electrons. The fraction of sp³-hybridized carbons (Fsp3) is 0.417. The summed E-state index contributed by atoms with van der Waals surface area (Å²) in [7, 11) is 0. The third-order valence-electron chi connectivity index (χ3n) is 2.77. The van der Waals surface area contributed by atoms with Crippen LogP contribution in [0.1, 0.15) is 24.8 Å². The number of hydrogen-bond acceptors (Lipinski definition) is 2. The smallest absolute Gasteiger partial charge is 0.120 e. The third kappa shape index (κ3) is 2.43. The highest BCUT2D eigenvalue weighted by atomic mass is 35.5. The highest BCUT2D eigenvalue weighted by Gasteiger charge is 2.17. The molecule has 78 valence electrons. The van der Waals surface area contributed by atoms with Crippen molar-refractivity contribution in [3.8, 4) is 11.8 Å². The van der Waals surface area contributed by atoms with Gasteiger partial charge in [0.05, 0.1) is 17.2 Å². The van der Waals surface area contributed by atoms with E-state index in [2.05, 4.69) is 0 Å². The normalized spacial score (nSPS) is 15.5. The van der Waals surface area contributed by atoms with Crippen LogP contribution in [0.15, 0.2) is 18.2 Å². The van der Waals surface area contributed by atoms with Gasteiger partial charge in [0.25, 0.3) is 0 Å². The van der Waals surface area contributed by atoms with Crippen LogP contribution in [0.5, 0.6) is 5.75 Å². The lowest BCUT2D eigenvalue weighted by atomic mass is 9.86. The van der Waals surface area contributed by atoms with Crippen LogP contribution in [-0.4, -0.2) is 6.61 Å². The van der Waals surface area contributed by atoms with Gasteiger partial charge < -0.3 is 4.74 Å². The number of halogens is 1. The Hall–Kier alpha value is -1.20. The van der Waals surface area contributed by atoms with E-state index < -0.39 is 0 Å². The molecule has 0 spiro atoms. The van der Waals surface area contributed by atoms with Gasteiger partial charge in [-0.05, 0) is 30.9 Å². The Morgan fingerprint density at radius 1 is 1.47 bits per heavy atom. The molecule has 0 atom stereocenters. The fourth-order valence-electron chi connectivity index (χ4n) is 1.55. The predicted molar refractivity (Wildman–Crippen MR) is 59.0 cm³/mol. The molecular formula is C12H12ClNO. The maximum Gasteiger partial charge on any atom is 0.120 e. The summed E-state index contributed by atoms with van der Waals surface area (Å²) >= 11 is 5.89. The first-order chi connectivity index (χ1) is 7.29. The van der Waals surface area contributed by atoms with Crippen LogP contribution in [0.4, 0.5) is 0 Å². The highest BCUT2D eigenvalue weighted by molar-refractivity contribution is 6.31. The summed E-state index contributed by atoms with van der Waals surface area (Å²) in [6.07, 6.45) is 3.86. The van der Waals surface area contributed by atoms with Gasteiger partial charge in [0.15, 0.2) is 0 Å². The molecule has 0 saturated heterocycles. The topological polar surface area (TPSA) is 33.0 Å². The number of nitriles is 1. The molecule has 0 aromatic heterocycles. The average molecular weight is 222 g/mol. The lowest BCUT2D eigenvalue weighted by Gasteiger charge is -2.25. The summed E-state index contributed by atoms with van der Waals surface area (Å²) in [5.74, 6) is 1.46. The van der Waals surface area contributed by atoms with Crippen molar-refractivity contribution in [3.05, 3.63) is 28.8 Å². The molecule has 3 heteroatoms. The van der Waals surface area contributed by atoms with Gasteiger partial charge in [-0.2, -0.15) is 5.26 Å². The van der Waals surface area contributed by atoms with Gasteiger partial charge >= 0.3 is 0 Å². The van der Waals surface area contributed by atoms with Crippen LogP contribution in [0.25, 0.3) is 0 Å². The first-order valence-corrected chi connectivity index (χ1v) is 5.50. The van der Waals surface area contributed by atoms with E-state index in [1.54, 1.807) is 18.2 Å². The van der Waals surface area contributed by atoms with Gasteiger partial charge in [-0.1, -0.05) is 18.0 Å². The van der Waals surface area contributed by atoms with Gasteiger partial charge in [0.2, 0.25) is 0 Å². The molecule has 1 aromatic carbocycles. The molecule has 1 saturated carbocycles. The lowest BCUT2D eigenvalue weighted by molar-refractivity contribution is 0.180. The van der Waals surface area contributed by atoms with E-state index in [0.717, 1.165) is 12.4 Å². The molecule has 2 rings (SSSR count). The predicted octanol–water partition coefficient (Wildman–Crippen LogP) is 3.39.